The van der Waals surface area contributed by atoms with Gasteiger partial charge in [0.25, 0.3) is 5.91 Å². The maximum Gasteiger partial charge on any atom is 0.349 e. The third-order valence-corrected chi connectivity index (χ3v) is 2.40. The first-order chi connectivity index (χ1) is 10.3. The number of amides is 1. The quantitative estimate of drug-likeness (QED) is 0.737. The van der Waals surface area contributed by atoms with Crippen LogP contribution in [0.25, 0.3) is 0 Å². The molecule has 0 unspecified atom stereocenters. The van der Waals surface area contributed by atoms with Crippen molar-refractivity contribution in [3.8, 4) is 0 Å². The minimum Gasteiger partial charge on any atom is -0.478 e. The van der Waals surface area contributed by atoms with Crippen LogP contribution in [0.15, 0.2) is 30.3 Å². The van der Waals surface area contributed by atoms with Crippen molar-refractivity contribution in [2.24, 2.45) is 0 Å². The summed E-state index contributed by atoms with van der Waals surface area (Å²) in [5.74, 6) is -4.33. The minimum atomic E-state index is -1.94. The lowest BCUT2D eigenvalue weighted by atomic mass is 10.1. The molecule has 8 nitrogen and oxygen atoms in total. The molecule has 1 aromatic carbocycles. The lowest BCUT2D eigenvalue weighted by Gasteiger charge is -2.22. The molecule has 0 fully saturated rings. The molecule has 2 atom stereocenters. The predicted molar refractivity (Wildman–Crippen MR) is 73.8 cm³/mol. The summed E-state index contributed by atoms with van der Waals surface area (Å²) in [5, 5.41) is 11.5. The Morgan fingerprint density at radius 1 is 0.955 bits per heavy atom. The number of benzene rings is 1. The SMILES string of the molecule is CC(=O)O[C@H](C(=O)O)[C@H](OC(C)=O)C(=O)Nc1ccccc1. The van der Waals surface area contributed by atoms with E-state index in [4.69, 9.17) is 9.84 Å². The van der Waals surface area contributed by atoms with Gasteiger partial charge in [-0.25, -0.2) is 4.79 Å². The number of carboxylic acid groups (broad SMARTS) is 1. The molecule has 0 aliphatic carbocycles. The van der Waals surface area contributed by atoms with Gasteiger partial charge >= 0.3 is 17.9 Å². The molecule has 0 aliphatic rings. The maximum atomic E-state index is 12.1. The molecule has 0 saturated carbocycles. The lowest BCUT2D eigenvalue weighted by molar-refractivity contribution is -0.179. The van der Waals surface area contributed by atoms with Gasteiger partial charge in [0.15, 0.2) is 0 Å². The van der Waals surface area contributed by atoms with Crippen molar-refractivity contribution in [1.29, 1.82) is 0 Å². The van der Waals surface area contributed by atoms with Gasteiger partial charge in [-0.3, -0.25) is 14.4 Å². The molecule has 0 bridgehead atoms. The summed E-state index contributed by atoms with van der Waals surface area (Å²) in [7, 11) is 0. The molecule has 118 valence electrons. The zero-order valence-corrected chi connectivity index (χ0v) is 11.9. The fraction of sp³-hybridized carbons (Fsp3) is 0.286. The number of para-hydroxylation sites is 1. The zero-order valence-electron chi connectivity index (χ0n) is 11.9. The second-order valence-corrected chi connectivity index (χ2v) is 4.25. The first-order valence-corrected chi connectivity index (χ1v) is 6.24. The van der Waals surface area contributed by atoms with Crippen LogP contribution in [-0.4, -0.2) is 41.1 Å². The summed E-state index contributed by atoms with van der Waals surface area (Å²) in [6.45, 7) is 1.99. The molecule has 1 amide bonds. The average Bonchev–Trinajstić information content (AvgIpc) is 2.42. The number of aliphatic carboxylic acids is 1. The van der Waals surface area contributed by atoms with Crippen molar-refractivity contribution in [2.45, 2.75) is 26.1 Å². The summed E-state index contributed by atoms with van der Waals surface area (Å²) in [6, 6.07) is 8.14. The van der Waals surface area contributed by atoms with Gasteiger partial charge in [-0.05, 0) is 12.1 Å². The molecule has 8 heteroatoms. The topological polar surface area (TPSA) is 119 Å². The average molecular weight is 309 g/mol. The third-order valence-electron chi connectivity index (χ3n) is 2.40. The Bertz CT molecular complexity index is 570. The molecule has 0 radical (unpaired) electrons. The van der Waals surface area contributed by atoms with E-state index < -0.39 is 36.0 Å². The Hall–Kier alpha value is -2.90. The highest BCUT2D eigenvalue weighted by molar-refractivity contribution is 5.99. The number of hydrogen-bond acceptors (Lipinski definition) is 6. The van der Waals surface area contributed by atoms with Gasteiger partial charge < -0.3 is 19.9 Å². The molecule has 22 heavy (non-hydrogen) atoms. The van der Waals surface area contributed by atoms with E-state index in [0.717, 1.165) is 13.8 Å². The van der Waals surface area contributed by atoms with Crippen LogP contribution < -0.4 is 5.32 Å². The van der Waals surface area contributed by atoms with E-state index in [0.29, 0.717) is 5.69 Å². The van der Waals surface area contributed by atoms with Crippen molar-refractivity contribution < 1.29 is 33.8 Å². The largest absolute Gasteiger partial charge is 0.478 e. The fourth-order valence-electron chi connectivity index (χ4n) is 1.59. The number of carbonyl (C=O) groups is 4. The second kappa shape index (κ2) is 7.77. The summed E-state index contributed by atoms with van der Waals surface area (Å²) in [5.41, 5.74) is 0.372. The van der Waals surface area contributed by atoms with Gasteiger partial charge in [-0.15, -0.1) is 0 Å². The normalized spacial score (nSPS) is 12.6. The third kappa shape index (κ3) is 5.23. The van der Waals surface area contributed by atoms with Crippen LogP contribution in [0.5, 0.6) is 0 Å². The molecule has 0 saturated heterocycles. The highest BCUT2D eigenvalue weighted by Crippen LogP contribution is 2.12. The van der Waals surface area contributed by atoms with E-state index in [1.54, 1.807) is 30.3 Å². The fourth-order valence-corrected chi connectivity index (χ4v) is 1.59. The molecule has 2 N–H and O–H groups in total. The minimum absolute atomic E-state index is 0.372. The van der Waals surface area contributed by atoms with Gasteiger partial charge in [-0.1, -0.05) is 18.2 Å². The van der Waals surface area contributed by atoms with Gasteiger partial charge in [0, 0.05) is 19.5 Å². The summed E-state index contributed by atoms with van der Waals surface area (Å²) >= 11 is 0. The van der Waals surface area contributed by atoms with E-state index in [1.165, 1.54) is 0 Å². The number of ether oxygens (including phenoxy) is 2. The van der Waals surface area contributed by atoms with E-state index in [2.05, 4.69) is 10.1 Å². The van der Waals surface area contributed by atoms with Crippen molar-refractivity contribution in [1.82, 2.24) is 0 Å². The molecule has 0 heterocycles. The smallest absolute Gasteiger partial charge is 0.349 e. The monoisotopic (exact) mass is 309 g/mol. The number of anilines is 1. The molecular weight excluding hydrogens is 294 g/mol. The number of hydrogen-bond donors (Lipinski definition) is 2. The number of nitrogens with one attached hydrogen (secondary N) is 1. The van der Waals surface area contributed by atoms with Crippen LogP contribution in [-0.2, 0) is 28.7 Å². The molecule has 0 spiro atoms. The Kier molecular flexibility index (Phi) is 6.06. The standard InChI is InChI=1S/C14H15NO7/c1-8(16)21-11(12(14(19)20)22-9(2)17)13(18)15-10-6-4-3-5-7-10/h3-7,11-12H,1-2H3,(H,15,18)(H,19,20)/t11-,12-/m0/s1. The summed E-state index contributed by atoms with van der Waals surface area (Å²) in [6.07, 6.45) is -3.75. The lowest BCUT2D eigenvalue weighted by Crippen LogP contribution is -2.47. The zero-order chi connectivity index (χ0) is 16.7. The molecule has 0 aliphatic heterocycles. The van der Waals surface area contributed by atoms with Gasteiger partial charge in [-0.2, -0.15) is 0 Å². The van der Waals surface area contributed by atoms with Crippen LogP contribution in [0, 0.1) is 0 Å². The Balaban J connectivity index is 2.98. The van der Waals surface area contributed by atoms with E-state index in [1.807, 2.05) is 0 Å². The van der Waals surface area contributed by atoms with Crippen molar-refractivity contribution in [3.05, 3.63) is 30.3 Å². The predicted octanol–water partition coefficient (Wildman–Crippen LogP) is 0.573. The van der Waals surface area contributed by atoms with Crippen molar-refractivity contribution >= 4 is 29.5 Å². The number of carboxylic acids is 1. The van der Waals surface area contributed by atoms with Gasteiger partial charge in [0.2, 0.25) is 12.2 Å². The molecule has 1 aromatic rings. The molecule has 1 rings (SSSR count). The maximum absolute atomic E-state index is 12.1. The van der Waals surface area contributed by atoms with Gasteiger partial charge in [0.1, 0.15) is 0 Å². The van der Waals surface area contributed by atoms with E-state index in [9.17, 15) is 19.2 Å². The van der Waals surface area contributed by atoms with Crippen LogP contribution in [0.2, 0.25) is 0 Å². The van der Waals surface area contributed by atoms with E-state index >= 15 is 0 Å². The summed E-state index contributed by atoms with van der Waals surface area (Å²) in [4.78, 5) is 45.4. The van der Waals surface area contributed by atoms with Gasteiger partial charge in [0.05, 0.1) is 0 Å². The van der Waals surface area contributed by atoms with Crippen molar-refractivity contribution in [2.75, 3.05) is 5.32 Å². The number of esters is 2. The Morgan fingerprint density at radius 3 is 1.91 bits per heavy atom. The Labute approximate surface area is 126 Å². The first-order valence-electron chi connectivity index (χ1n) is 6.24. The highest BCUT2D eigenvalue weighted by atomic mass is 16.6. The van der Waals surface area contributed by atoms with Crippen LogP contribution >= 0.6 is 0 Å². The van der Waals surface area contributed by atoms with Crippen LogP contribution in [0.4, 0.5) is 5.69 Å². The van der Waals surface area contributed by atoms with Crippen LogP contribution in [0.1, 0.15) is 13.8 Å². The summed E-state index contributed by atoms with van der Waals surface area (Å²) < 4.78 is 9.26. The molecule has 0 aromatic heterocycles. The number of rotatable bonds is 6. The first kappa shape index (κ1) is 17.2. The van der Waals surface area contributed by atoms with Crippen molar-refractivity contribution in [3.63, 3.8) is 0 Å². The Morgan fingerprint density at radius 2 is 1.45 bits per heavy atom. The van der Waals surface area contributed by atoms with E-state index in [-0.39, 0.29) is 0 Å². The van der Waals surface area contributed by atoms with Crippen LogP contribution in [0.3, 0.4) is 0 Å². The molecular formula is C14H15NO7. The highest BCUT2D eigenvalue weighted by Gasteiger charge is 2.39. The number of carbonyl (C=O) groups excluding carboxylic acids is 3. The second-order valence-electron chi connectivity index (χ2n) is 4.25.